The van der Waals surface area contributed by atoms with Gasteiger partial charge >= 0.3 is 5.97 Å². The van der Waals surface area contributed by atoms with E-state index >= 15 is 0 Å². The topological polar surface area (TPSA) is 78.9 Å². The number of carboxylic acid groups (broad SMARTS) is 1. The molecule has 1 aromatic carbocycles. The summed E-state index contributed by atoms with van der Waals surface area (Å²) in [6.45, 7) is 1.86. The highest BCUT2D eigenvalue weighted by molar-refractivity contribution is 5.88. The molecular weight excluding hydrogens is 272 g/mol. The number of fused-ring (bicyclic) bond motifs is 1. The standard InChI is InChI=1S/C15H18N2O4/c18-14(19)7-10-9-17(5-6-21-10)15(20)12-8-16-13-4-2-1-3-11(12)13/h1-4,10,12,16H,5-9H2,(H,18,19). The summed E-state index contributed by atoms with van der Waals surface area (Å²) < 4.78 is 5.41. The van der Waals surface area contributed by atoms with Gasteiger partial charge < -0.3 is 20.1 Å². The molecule has 0 spiro atoms. The van der Waals surface area contributed by atoms with Crippen molar-refractivity contribution < 1.29 is 19.4 Å². The number of rotatable bonds is 3. The van der Waals surface area contributed by atoms with Crippen LogP contribution in [-0.2, 0) is 14.3 Å². The smallest absolute Gasteiger partial charge is 0.306 e. The van der Waals surface area contributed by atoms with Crippen LogP contribution in [-0.4, -0.2) is 54.2 Å². The molecule has 0 bridgehead atoms. The number of carbonyl (C=O) groups is 2. The van der Waals surface area contributed by atoms with Gasteiger partial charge in [-0.25, -0.2) is 0 Å². The molecule has 2 N–H and O–H groups in total. The number of amides is 1. The lowest BCUT2D eigenvalue weighted by atomic mass is 9.99. The molecule has 21 heavy (non-hydrogen) atoms. The van der Waals surface area contributed by atoms with Crippen LogP contribution in [0.1, 0.15) is 17.9 Å². The van der Waals surface area contributed by atoms with Gasteiger partial charge in [0.25, 0.3) is 0 Å². The van der Waals surface area contributed by atoms with Crippen molar-refractivity contribution in [2.45, 2.75) is 18.4 Å². The third-order valence-electron chi connectivity index (χ3n) is 3.98. The first-order chi connectivity index (χ1) is 10.1. The maximum absolute atomic E-state index is 12.7. The molecule has 6 heteroatoms. The van der Waals surface area contributed by atoms with Crippen molar-refractivity contribution in [2.75, 3.05) is 31.6 Å². The van der Waals surface area contributed by atoms with Crippen LogP contribution in [0, 0.1) is 0 Å². The second-order valence-electron chi connectivity index (χ2n) is 5.40. The van der Waals surface area contributed by atoms with Gasteiger partial charge in [-0.05, 0) is 11.6 Å². The number of para-hydroxylation sites is 1. The van der Waals surface area contributed by atoms with E-state index in [1.54, 1.807) is 4.90 Å². The Morgan fingerprint density at radius 2 is 2.19 bits per heavy atom. The summed E-state index contributed by atoms with van der Waals surface area (Å²) in [6, 6.07) is 7.80. The normalized spacial score (nSPS) is 24.3. The number of ether oxygens (including phenoxy) is 1. The van der Waals surface area contributed by atoms with E-state index in [1.165, 1.54) is 0 Å². The van der Waals surface area contributed by atoms with Crippen LogP contribution in [0.2, 0.25) is 0 Å². The van der Waals surface area contributed by atoms with Crippen LogP contribution in [0.3, 0.4) is 0 Å². The van der Waals surface area contributed by atoms with E-state index in [4.69, 9.17) is 9.84 Å². The molecule has 2 unspecified atom stereocenters. The Bertz CT molecular complexity index is 560. The lowest BCUT2D eigenvalue weighted by Crippen LogP contribution is -2.48. The van der Waals surface area contributed by atoms with Crippen molar-refractivity contribution in [2.24, 2.45) is 0 Å². The number of morpholine rings is 1. The lowest BCUT2D eigenvalue weighted by Gasteiger charge is -2.33. The van der Waals surface area contributed by atoms with E-state index in [1.807, 2.05) is 24.3 Å². The fraction of sp³-hybridized carbons (Fsp3) is 0.467. The first-order valence-electron chi connectivity index (χ1n) is 7.10. The Kier molecular flexibility index (Phi) is 3.79. The largest absolute Gasteiger partial charge is 0.481 e. The van der Waals surface area contributed by atoms with Gasteiger partial charge in [-0.2, -0.15) is 0 Å². The Balaban J connectivity index is 1.70. The zero-order valence-electron chi connectivity index (χ0n) is 11.6. The molecule has 0 aromatic heterocycles. The number of hydrogen-bond acceptors (Lipinski definition) is 4. The van der Waals surface area contributed by atoms with Crippen LogP contribution >= 0.6 is 0 Å². The zero-order valence-corrected chi connectivity index (χ0v) is 11.6. The van der Waals surface area contributed by atoms with Gasteiger partial charge in [0.1, 0.15) is 0 Å². The summed E-state index contributed by atoms with van der Waals surface area (Å²) in [6.07, 6.45) is -0.478. The van der Waals surface area contributed by atoms with E-state index in [-0.39, 0.29) is 18.2 Å². The quantitative estimate of drug-likeness (QED) is 0.864. The number of hydrogen-bond donors (Lipinski definition) is 2. The van der Waals surface area contributed by atoms with E-state index < -0.39 is 12.1 Å². The van der Waals surface area contributed by atoms with Gasteiger partial charge in [-0.15, -0.1) is 0 Å². The van der Waals surface area contributed by atoms with Gasteiger partial charge in [0, 0.05) is 25.3 Å². The highest BCUT2D eigenvalue weighted by Crippen LogP contribution is 2.32. The molecule has 0 saturated carbocycles. The van der Waals surface area contributed by atoms with Crippen LogP contribution in [0.15, 0.2) is 24.3 Å². The molecule has 1 amide bonds. The molecule has 1 saturated heterocycles. The van der Waals surface area contributed by atoms with Gasteiger partial charge in [-0.1, -0.05) is 18.2 Å². The molecule has 2 heterocycles. The highest BCUT2D eigenvalue weighted by Gasteiger charge is 2.34. The van der Waals surface area contributed by atoms with Crippen LogP contribution in [0.25, 0.3) is 0 Å². The van der Waals surface area contributed by atoms with Crippen LogP contribution < -0.4 is 5.32 Å². The van der Waals surface area contributed by atoms with Crippen molar-refractivity contribution in [3.63, 3.8) is 0 Å². The number of anilines is 1. The molecule has 3 rings (SSSR count). The van der Waals surface area contributed by atoms with Crippen LogP contribution in [0.4, 0.5) is 5.69 Å². The molecular formula is C15H18N2O4. The second-order valence-corrected chi connectivity index (χ2v) is 5.40. The maximum atomic E-state index is 12.7. The average Bonchev–Trinajstić information content (AvgIpc) is 2.90. The molecule has 0 aliphatic carbocycles. The lowest BCUT2D eigenvalue weighted by molar-refractivity contribution is -0.148. The monoisotopic (exact) mass is 290 g/mol. The van der Waals surface area contributed by atoms with E-state index in [0.29, 0.717) is 26.2 Å². The molecule has 0 radical (unpaired) electrons. The predicted molar refractivity (Wildman–Crippen MR) is 76.2 cm³/mol. The number of aliphatic carboxylic acids is 1. The molecule has 112 valence electrons. The van der Waals surface area contributed by atoms with E-state index in [2.05, 4.69) is 5.32 Å². The molecule has 2 atom stereocenters. The Morgan fingerprint density at radius 3 is 3.00 bits per heavy atom. The summed E-state index contributed by atoms with van der Waals surface area (Å²) in [5, 5.41) is 12.1. The summed E-state index contributed by atoms with van der Waals surface area (Å²) in [4.78, 5) is 25.2. The van der Waals surface area contributed by atoms with Crippen LogP contribution in [0.5, 0.6) is 0 Å². The molecule has 1 fully saturated rings. The van der Waals surface area contributed by atoms with Crippen molar-refractivity contribution >= 4 is 17.6 Å². The zero-order chi connectivity index (χ0) is 14.8. The minimum Gasteiger partial charge on any atom is -0.481 e. The Labute approximate surface area is 122 Å². The Morgan fingerprint density at radius 1 is 1.38 bits per heavy atom. The minimum absolute atomic E-state index is 0.0474. The number of nitrogens with one attached hydrogen (secondary N) is 1. The van der Waals surface area contributed by atoms with Gasteiger partial charge in [0.2, 0.25) is 5.91 Å². The minimum atomic E-state index is -0.901. The van der Waals surface area contributed by atoms with Gasteiger partial charge in [0.15, 0.2) is 0 Å². The van der Waals surface area contributed by atoms with Gasteiger partial charge in [0.05, 0.1) is 25.0 Å². The SMILES string of the molecule is O=C(O)CC1CN(C(=O)C2CNc3ccccc32)CCO1. The van der Waals surface area contributed by atoms with Crippen molar-refractivity contribution in [3.05, 3.63) is 29.8 Å². The summed E-state index contributed by atoms with van der Waals surface area (Å²) in [5.74, 6) is -1.04. The average molecular weight is 290 g/mol. The number of carboxylic acids is 1. The molecule has 6 nitrogen and oxygen atoms in total. The van der Waals surface area contributed by atoms with Crippen molar-refractivity contribution in [1.82, 2.24) is 4.90 Å². The third kappa shape index (κ3) is 2.85. The highest BCUT2D eigenvalue weighted by atomic mass is 16.5. The molecule has 2 aliphatic heterocycles. The molecule has 2 aliphatic rings. The van der Waals surface area contributed by atoms with Crippen molar-refractivity contribution in [1.29, 1.82) is 0 Å². The second kappa shape index (κ2) is 5.73. The summed E-state index contributed by atoms with van der Waals surface area (Å²) in [7, 11) is 0. The number of nitrogens with zero attached hydrogens (tertiary/aromatic N) is 1. The molecule has 1 aromatic rings. The fourth-order valence-corrected chi connectivity index (χ4v) is 2.96. The van der Waals surface area contributed by atoms with E-state index in [0.717, 1.165) is 11.3 Å². The van der Waals surface area contributed by atoms with E-state index in [9.17, 15) is 9.59 Å². The third-order valence-corrected chi connectivity index (χ3v) is 3.98. The summed E-state index contributed by atoms with van der Waals surface area (Å²) in [5.41, 5.74) is 2.02. The predicted octanol–water partition coefficient (Wildman–Crippen LogP) is 0.898. The Hall–Kier alpha value is -2.08. The first-order valence-corrected chi connectivity index (χ1v) is 7.10. The number of benzene rings is 1. The first kappa shape index (κ1) is 13.9. The number of carbonyl (C=O) groups excluding carboxylic acids is 1. The van der Waals surface area contributed by atoms with Gasteiger partial charge in [-0.3, -0.25) is 9.59 Å². The fourth-order valence-electron chi connectivity index (χ4n) is 2.96. The summed E-state index contributed by atoms with van der Waals surface area (Å²) >= 11 is 0. The maximum Gasteiger partial charge on any atom is 0.306 e. The van der Waals surface area contributed by atoms with Crippen molar-refractivity contribution in [3.8, 4) is 0 Å².